The summed E-state index contributed by atoms with van der Waals surface area (Å²) in [6.07, 6.45) is 1.18. The van der Waals surface area contributed by atoms with Crippen LogP contribution in [0, 0.1) is 20.8 Å². The van der Waals surface area contributed by atoms with Gasteiger partial charge in [-0.05, 0) is 51.0 Å². The SMILES string of the molecule is CCOC(=O)Nc1ccc(Nc2c(C)cc(C)cc2C)cn1. The predicted molar refractivity (Wildman–Crippen MR) is 88.8 cm³/mol. The predicted octanol–water partition coefficient (Wildman–Crippen LogP) is 4.32. The number of amides is 1. The smallest absolute Gasteiger partial charge is 0.412 e. The molecule has 1 amide bonds. The molecule has 2 rings (SSSR count). The molecule has 2 aromatic rings. The molecule has 2 N–H and O–H groups in total. The molecule has 0 saturated carbocycles. The van der Waals surface area contributed by atoms with Crippen molar-refractivity contribution in [2.24, 2.45) is 0 Å². The first-order valence-electron chi connectivity index (χ1n) is 7.24. The molecule has 5 nitrogen and oxygen atoms in total. The normalized spacial score (nSPS) is 10.2. The number of hydrogen-bond donors (Lipinski definition) is 2. The van der Waals surface area contributed by atoms with Gasteiger partial charge in [0.25, 0.3) is 0 Å². The summed E-state index contributed by atoms with van der Waals surface area (Å²) < 4.78 is 4.81. The molecule has 116 valence electrons. The zero-order valence-electron chi connectivity index (χ0n) is 13.4. The molecule has 0 radical (unpaired) electrons. The zero-order valence-corrected chi connectivity index (χ0v) is 13.4. The van der Waals surface area contributed by atoms with Crippen LogP contribution < -0.4 is 10.6 Å². The maximum atomic E-state index is 11.3. The summed E-state index contributed by atoms with van der Waals surface area (Å²) in [7, 11) is 0. The lowest BCUT2D eigenvalue weighted by Gasteiger charge is -2.14. The molecule has 0 fully saturated rings. The van der Waals surface area contributed by atoms with Crippen molar-refractivity contribution in [2.75, 3.05) is 17.2 Å². The number of aryl methyl sites for hydroxylation is 3. The van der Waals surface area contributed by atoms with Crippen LogP contribution >= 0.6 is 0 Å². The summed E-state index contributed by atoms with van der Waals surface area (Å²) in [5.74, 6) is 0.460. The van der Waals surface area contributed by atoms with Gasteiger partial charge in [0.1, 0.15) is 5.82 Å². The Morgan fingerprint density at radius 2 is 1.86 bits per heavy atom. The minimum Gasteiger partial charge on any atom is -0.450 e. The number of rotatable bonds is 4. The van der Waals surface area contributed by atoms with Crippen molar-refractivity contribution in [3.05, 3.63) is 47.2 Å². The van der Waals surface area contributed by atoms with Crippen LogP contribution in [0.4, 0.5) is 22.0 Å². The van der Waals surface area contributed by atoms with E-state index in [2.05, 4.69) is 48.5 Å². The fourth-order valence-corrected chi connectivity index (χ4v) is 2.34. The third kappa shape index (κ3) is 3.97. The number of pyridine rings is 1. The molecule has 5 heteroatoms. The van der Waals surface area contributed by atoms with Gasteiger partial charge in [-0.25, -0.2) is 9.78 Å². The Kier molecular flexibility index (Phi) is 4.99. The van der Waals surface area contributed by atoms with Crippen molar-refractivity contribution in [1.29, 1.82) is 0 Å². The molecule has 0 aliphatic carbocycles. The zero-order chi connectivity index (χ0) is 16.1. The van der Waals surface area contributed by atoms with Crippen LogP contribution in [-0.4, -0.2) is 17.7 Å². The fraction of sp³-hybridized carbons (Fsp3) is 0.294. The van der Waals surface area contributed by atoms with E-state index in [-0.39, 0.29) is 0 Å². The third-order valence-electron chi connectivity index (χ3n) is 3.22. The molecule has 0 saturated heterocycles. The van der Waals surface area contributed by atoms with E-state index in [4.69, 9.17) is 4.74 Å². The second-order valence-electron chi connectivity index (χ2n) is 5.18. The fourth-order valence-electron chi connectivity index (χ4n) is 2.34. The largest absolute Gasteiger partial charge is 0.450 e. The van der Waals surface area contributed by atoms with Gasteiger partial charge in [0.2, 0.25) is 0 Å². The van der Waals surface area contributed by atoms with Gasteiger partial charge < -0.3 is 10.1 Å². The average molecular weight is 299 g/mol. The van der Waals surface area contributed by atoms with Crippen molar-refractivity contribution in [3.8, 4) is 0 Å². The van der Waals surface area contributed by atoms with Gasteiger partial charge in [-0.15, -0.1) is 0 Å². The van der Waals surface area contributed by atoms with Crippen LogP contribution in [0.3, 0.4) is 0 Å². The standard InChI is InChI=1S/C17H21N3O2/c1-5-22-17(21)20-15-7-6-14(10-18-15)19-16-12(3)8-11(2)9-13(16)4/h6-10,19H,5H2,1-4H3,(H,18,20,21). The Morgan fingerprint density at radius 1 is 1.18 bits per heavy atom. The van der Waals surface area contributed by atoms with E-state index in [0.29, 0.717) is 12.4 Å². The highest BCUT2D eigenvalue weighted by molar-refractivity contribution is 5.83. The van der Waals surface area contributed by atoms with Crippen molar-refractivity contribution in [3.63, 3.8) is 0 Å². The van der Waals surface area contributed by atoms with Gasteiger partial charge in [-0.2, -0.15) is 0 Å². The lowest BCUT2D eigenvalue weighted by Crippen LogP contribution is -2.14. The third-order valence-corrected chi connectivity index (χ3v) is 3.22. The van der Waals surface area contributed by atoms with Crippen LogP contribution in [-0.2, 0) is 4.74 Å². The highest BCUT2D eigenvalue weighted by Crippen LogP contribution is 2.25. The van der Waals surface area contributed by atoms with Crippen molar-refractivity contribution in [2.45, 2.75) is 27.7 Å². The molecule has 1 heterocycles. The number of anilines is 3. The first-order chi connectivity index (χ1) is 10.5. The van der Waals surface area contributed by atoms with Gasteiger partial charge in [-0.3, -0.25) is 5.32 Å². The van der Waals surface area contributed by atoms with Gasteiger partial charge in [0.15, 0.2) is 0 Å². The number of carbonyl (C=O) groups excluding carboxylic acids is 1. The lowest BCUT2D eigenvalue weighted by atomic mass is 10.0. The minimum atomic E-state index is -0.499. The summed E-state index contributed by atoms with van der Waals surface area (Å²) >= 11 is 0. The van der Waals surface area contributed by atoms with Crippen molar-refractivity contribution < 1.29 is 9.53 Å². The van der Waals surface area contributed by atoms with Crippen LogP contribution in [0.2, 0.25) is 0 Å². The van der Waals surface area contributed by atoms with Gasteiger partial charge in [0.05, 0.1) is 18.5 Å². The Balaban J connectivity index is 2.10. The molecule has 1 aromatic heterocycles. The number of hydrogen-bond acceptors (Lipinski definition) is 4. The minimum absolute atomic E-state index is 0.331. The van der Waals surface area contributed by atoms with E-state index in [0.717, 1.165) is 11.4 Å². The van der Waals surface area contributed by atoms with Crippen LogP contribution in [0.15, 0.2) is 30.5 Å². The molecule has 0 aliphatic rings. The average Bonchev–Trinajstić information content (AvgIpc) is 2.45. The topological polar surface area (TPSA) is 63.2 Å². The van der Waals surface area contributed by atoms with E-state index < -0.39 is 6.09 Å². The van der Waals surface area contributed by atoms with Crippen LogP contribution in [0.1, 0.15) is 23.6 Å². The monoisotopic (exact) mass is 299 g/mol. The summed E-state index contributed by atoms with van der Waals surface area (Å²) in [5, 5.41) is 5.93. The summed E-state index contributed by atoms with van der Waals surface area (Å²) in [5.41, 5.74) is 5.56. The van der Waals surface area contributed by atoms with Gasteiger partial charge in [-0.1, -0.05) is 17.7 Å². The van der Waals surface area contributed by atoms with E-state index in [1.54, 1.807) is 19.2 Å². The van der Waals surface area contributed by atoms with E-state index in [1.165, 1.54) is 16.7 Å². The van der Waals surface area contributed by atoms with Crippen molar-refractivity contribution >= 4 is 23.3 Å². The number of carbonyl (C=O) groups is 1. The first kappa shape index (κ1) is 15.8. The second-order valence-corrected chi connectivity index (χ2v) is 5.18. The second kappa shape index (κ2) is 6.93. The van der Waals surface area contributed by atoms with E-state index in [1.807, 2.05) is 6.07 Å². The molecule has 0 unspecified atom stereocenters. The Labute approximate surface area is 130 Å². The van der Waals surface area contributed by atoms with Crippen LogP contribution in [0.25, 0.3) is 0 Å². The van der Waals surface area contributed by atoms with E-state index >= 15 is 0 Å². The van der Waals surface area contributed by atoms with Crippen LogP contribution in [0.5, 0.6) is 0 Å². The number of benzene rings is 1. The number of nitrogens with one attached hydrogen (secondary N) is 2. The Morgan fingerprint density at radius 3 is 2.41 bits per heavy atom. The number of ether oxygens (including phenoxy) is 1. The van der Waals surface area contributed by atoms with Gasteiger partial charge >= 0.3 is 6.09 Å². The molecular weight excluding hydrogens is 278 g/mol. The molecule has 0 spiro atoms. The number of aromatic nitrogens is 1. The molecule has 0 aliphatic heterocycles. The molecular formula is C17H21N3O2. The Hall–Kier alpha value is -2.56. The lowest BCUT2D eigenvalue weighted by molar-refractivity contribution is 0.168. The molecule has 22 heavy (non-hydrogen) atoms. The molecule has 0 atom stereocenters. The van der Waals surface area contributed by atoms with Gasteiger partial charge in [0, 0.05) is 5.69 Å². The summed E-state index contributed by atoms with van der Waals surface area (Å²) in [6, 6.07) is 7.88. The molecule has 0 bridgehead atoms. The highest BCUT2D eigenvalue weighted by atomic mass is 16.5. The maximum Gasteiger partial charge on any atom is 0.412 e. The van der Waals surface area contributed by atoms with E-state index in [9.17, 15) is 4.79 Å². The summed E-state index contributed by atoms with van der Waals surface area (Å²) in [6.45, 7) is 8.32. The Bertz CT molecular complexity index is 643. The first-order valence-corrected chi connectivity index (χ1v) is 7.24. The molecule has 1 aromatic carbocycles. The highest BCUT2D eigenvalue weighted by Gasteiger charge is 2.06. The summed E-state index contributed by atoms with van der Waals surface area (Å²) in [4.78, 5) is 15.5. The quantitative estimate of drug-likeness (QED) is 0.882. The maximum absolute atomic E-state index is 11.3. The number of nitrogens with zero attached hydrogens (tertiary/aromatic N) is 1. The van der Waals surface area contributed by atoms with Crippen molar-refractivity contribution in [1.82, 2.24) is 4.98 Å².